The molecule has 1 aliphatic rings. The van der Waals surface area contributed by atoms with Crippen LogP contribution in [-0.4, -0.2) is 28.9 Å². The summed E-state index contributed by atoms with van der Waals surface area (Å²) in [5.74, 6) is 0.747. The number of sulfone groups is 1. The summed E-state index contributed by atoms with van der Waals surface area (Å²) < 4.78 is 25.6. The first-order valence-electron chi connectivity index (χ1n) is 4.85. The number of nitrogens with zero attached hydrogens (tertiary/aromatic N) is 2. The van der Waals surface area contributed by atoms with Crippen LogP contribution in [0.5, 0.6) is 0 Å². The Kier molecular flexibility index (Phi) is 2.68. The van der Waals surface area contributed by atoms with Gasteiger partial charge in [-0.25, -0.2) is 13.4 Å². The molecule has 1 aromatic rings. The van der Waals surface area contributed by atoms with Crippen molar-refractivity contribution in [3.8, 4) is 0 Å². The normalized spacial score (nSPS) is 25.3. The van der Waals surface area contributed by atoms with Crippen molar-refractivity contribution in [2.24, 2.45) is 7.05 Å². The van der Waals surface area contributed by atoms with Crippen LogP contribution in [0.1, 0.15) is 30.3 Å². The summed E-state index contributed by atoms with van der Waals surface area (Å²) in [7, 11) is -1.30. The van der Waals surface area contributed by atoms with Crippen LogP contribution in [-0.2, 0) is 16.9 Å². The molecular weight excluding hydrogens is 234 g/mol. The van der Waals surface area contributed by atoms with E-state index < -0.39 is 15.1 Å². The van der Waals surface area contributed by atoms with E-state index in [1.165, 1.54) is 0 Å². The maximum absolute atomic E-state index is 11.8. The second-order valence-electron chi connectivity index (χ2n) is 3.80. The van der Waals surface area contributed by atoms with Crippen molar-refractivity contribution >= 4 is 22.1 Å². The molecule has 2 heterocycles. The highest BCUT2D eigenvalue weighted by atomic mass is 32.2. The van der Waals surface area contributed by atoms with E-state index in [0.717, 1.165) is 12.8 Å². The molecule has 1 aromatic heterocycles. The Morgan fingerprint density at radius 1 is 1.53 bits per heavy atom. The summed E-state index contributed by atoms with van der Waals surface area (Å²) in [6.45, 7) is 0. The summed E-state index contributed by atoms with van der Waals surface area (Å²) in [5, 5.41) is 2.40. The van der Waals surface area contributed by atoms with Crippen molar-refractivity contribution < 1.29 is 8.42 Å². The first kappa shape index (κ1) is 10.8. The Balaban J connectivity index is 2.41. The zero-order valence-corrected chi connectivity index (χ0v) is 10.1. The summed E-state index contributed by atoms with van der Waals surface area (Å²) >= 11 is 4.94. The van der Waals surface area contributed by atoms with Gasteiger partial charge in [0.25, 0.3) is 0 Å². The average Bonchev–Trinajstić information content (AvgIpc) is 2.46. The molecule has 7 heteroatoms. The van der Waals surface area contributed by atoms with E-state index in [0.29, 0.717) is 17.0 Å². The highest BCUT2D eigenvalue weighted by Gasteiger charge is 2.32. The molecule has 0 spiro atoms. The van der Waals surface area contributed by atoms with Gasteiger partial charge in [-0.05, 0) is 25.1 Å². The number of rotatable bonds is 1. The van der Waals surface area contributed by atoms with Crippen LogP contribution < -0.4 is 0 Å². The fourth-order valence-electron chi connectivity index (χ4n) is 1.83. The molecule has 1 saturated heterocycles. The second-order valence-corrected chi connectivity index (χ2v) is 6.47. The van der Waals surface area contributed by atoms with Crippen LogP contribution in [0.25, 0.3) is 0 Å². The monoisotopic (exact) mass is 247 g/mol. The summed E-state index contributed by atoms with van der Waals surface area (Å²) in [4.78, 5) is 4.07. The standard InChI is InChI=1S/C8H13N3O2S2/c1-11-8(14)9-7(10-11)6-4-2-3-5-15(6,12)13/h6H,2-5H2,1H3,(H,9,10,14). The molecule has 0 aliphatic carbocycles. The van der Waals surface area contributed by atoms with Crippen molar-refractivity contribution in [1.29, 1.82) is 0 Å². The van der Waals surface area contributed by atoms with Gasteiger partial charge in [0.15, 0.2) is 9.84 Å². The summed E-state index contributed by atoms with van der Waals surface area (Å²) in [5.41, 5.74) is 0. The number of aromatic amines is 1. The van der Waals surface area contributed by atoms with Gasteiger partial charge in [-0.3, -0.25) is 9.78 Å². The third-order valence-corrected chi connectivity index (χ3v) is 5.22. The van der Waals surface area contributed by atoms with Crippen LogP contribution in [0.3, 0.4) is 0 Å². The molecular formula is C8H13N3O2S2. The maximum Gasteiger partial charge on any atom is 0.215 e. The highest BCUT2D eigenvalue weighted by Crippen LogP contribution is 2.31. The average molecular weight is 247 g/mol. The lowest BCUT2D eigenvalue weighted by Crippen LogP contribution is -2.22. The van der Waals surface area contributed by atoms with E-state index in [9.17, 15) is 8.42 Å². The Morgan fingerprint density at radius 2 is 2.27 bits per heavy atom. The molecule has 2 rings (SSSR count). The molecule has 84 valence electrons. The third-order valence-electron chi connectivity index (χ3n) is 2.67. The number of H-pyrrole nitrogens is 1. The molecule has 0 radical (unpaired) electrons. The molecule has 0 amide bonds. The SMILES string of the molecule is Cn1[nH]c(C2CCCCS2(=O)=O)nc1=S. The van der Waals surface area contributed by atoms with Gasteiger partial charge < -0.3 is 0 Å². The van der Waals surface area contributed by atoms with Gasteiger partial charge >= 0.3 is 0 Å². The summed E-state index contributed by atoms with van der Waals surface area (Å²) in [6, 6.07) is 0. The lowest BCUT2D eigenvalue weighted by molar-refractivity contribution is 0.537. The second kappa shape index (κ2) is 3.71. The van der Waals surface area contributed by atoms with Gasteiger partial charge in [-0.2, -0.15) is 0 Å². The largest absolute Gasteiger partial charge is 0.282 e. The Labute approximate surface area is 93.4 Å². The molecule has 1 atom stereocenters. The quantitative estimate of drug-likeness (QED) is 0.755. The van der Waals surface area contributed by atoms with Crippen LogP contribution in [0.2, 0.25) is 0 Å². The first-order chi connectivity index (χ1) is 7.00. The fourth-order valence-corrected chi connectivity index (χ4v) is 3.83. The van der Waals surface area contributed by atoms with Crippen molar-refractivity contribution in [1.82, 2.24) is 14.8 Å². The Morgan fingerprint density at radius 3 is 2.80 bits per heavy atom. The topological polar surface area (TPSA) is 67.8 Å². The van der Waals surface area contributed by atoms with E-state index in [4.69, 9.17) is 12.2 Å². The number of nitrogens with one attached hydrogen (secondary N) is 1. The Hall–Kier alpha value is -0.690. The van der Waals surface area contributed by atoms with Crippen molar-refractivity contribution in [2.45, 2.75) is 24.5 Å². The lowest BCUT2D eigenvalue weighted by Gasteiger charge is -2.19. The van der Waals surface area contributed by atoms with Gasteiger partial charge in [-0.1, -0.05) is 6.42 Å². The van der Waals surface area contributed by atoms with Crippen LogP contribution in [0.15, 0.2) is 0 Å². The van der Waals surface area contributed by atoms with E-state index in [1.807, 2.05) is 0 Å². The van der Waals surface area contributed by atoms with Crippen molar-refractivity contribution in [2.75, 3.05) is 5.75 Å². The molecule has 1 aliphatic heterocycles. The van der Waals surface area contributed by atoms with E-state index in [1.54, 1.807) is 11.7 Å². The predicted octanol–water partition coefficient (Wildman–Crippen LogP) is 1.12. The maximum atomic E-state index is 11.8. The molecule has 1 unspecified atom stereocenters. The zero-order chi connectivity index (χ0) is 11.1. The zero-order valence-electron chi connectivity index (χ0n) is 8.43. The molecule has 1 N–H and O–H groups in total. The van der Waals surface area contributed by atoms with E-state index in [2.05, 4.69) is 10.1 Å². The molecule has 15 heavy (non-hydrogen) atoms. The van der Waals surface area contributed by atoms with Crippen molar-refractivity contribution in [3.05, 3.63) is 10.6 Å². The number of aromatic nitrogens is 3. The first-order valence-corrected chi connectivity index (χ1v) is 6.97. The molecule has 5 nitrogen and oxygen atoms in total. The van der Waals surface area contributed by atoms with Crippen LogP contribution >= 0.6 is 12.2 Å². The minimum absolute atomic E-state index is 0.259. The molecule has 1 fully saturated rings. The van der Waals surface area contributed by atoms with Gasteiger partial charge in [0.2, 0.25) is 4.77 Å². The highest BCUT2D eigenvalue weighted by molar-refractivity contribution is 7.91. The molecule has 0 saturated carbocycles. The minimum atomic E-state index is -3.03. The number of hydrogen-bond donors (Lipinski definition) is 1. The summed E-state index contributed by atoms with van der Waals surface area (Å²) in [6.07, 6.45) is 2.33. The van der Waals surface area contributed by atoms with Gasteiger partial charge in [0, 0.05) is 7.05 Å². The fraction of sp³-hybridized carbons (Fsp3) is 0.750. The smallest absolute Gasteiger partial charge is 0.215 e. The number of hydrogen-bond acceptors (Lipinski definition) is 4. The van der Waals surface area contributed by atoms with Crippen LogP contribution in [0.4, 0.5) is 0 Å². The van der Waals surface area contributed by atoms with Gasteiger partial charge in [-0.15, -0.1) is 0 Å². The van der Waals surface area contributed by atoms with E-state index in [-0.39, 0.29) is 5.75 Å². The van der Waals surface area contributed by atoms with Crippen molar-refractivity contribution in [3.63, 3.8) is 0 Å². The molecule has 0 aromatic carbocycles. The Bertz CT molecular complexity index is 514. The minimum Gasteiger partial charge on any atom is -0.282 e. The van der Waals surface area contributed by atoms with Gasteiger partial charge in [0.05, 0.1) is 5.75 Å². The predicted molar refractivity (Wildman–Crippen MR) is 58.8 cm³/mol. The number of aryl methyl sites for hydroxylation is 1. The van der Waals surface area contributed by atoms with E-state index >= 15 is 0 Å². The third kappa shape index (κ3) is 1.98. The lowest BCUT2D eigenvalue weighted by atomic mass is 10.2. The van der Waals surface area contributed by atoms with Crippen LogP contribution in [0, 0.1) is 4.77 Å². The molecule has 0 bridgehead atoms. The van der Waals surface area contributed by atoms with Gasteiger partial charge in [0.1, 0.15) is 11.1 Å².